The zero-order valence-electron chi connectivity index (χ0n) is 17.5. The second-order valence-electron chi connectivity index (χ2n) is 8.05. The van der Waals surface area contributed by atoms with Gasteiger partial charge >= 0.3 is 0 Å². The quantitative estimate of drug-likeness (QED) is 0.800. The Balaban J connectivity index is 1.47. The second-order valence-corrected chi connectivity index (χ2v) is 8.05. The van der Waals surface area contributed by atoms with E-state index in [0.717, 1.165) is 57.1 Å². The minimum atomic E-state index is -0.104. The highest BCUT2D eigenvalue weighted by Crippen LogP contribution is 2.22. The molecule has 0 aliphatic carbocycles. The van der Waals surface area contributed by atoms with Crippen LogP contribution < -0.4 is 10.2 Å². The van der Waals surface area contributed by atoms with Gasteiger partial charge in [0.1, 0.15) is 0 Å². The average Bonchev–Trinajstić information content (AvgIpc) is 3.20. The molecule has 1 N–H and O–H groups in total. The van der Waals surface area contributed by atoms with Gasteiger partial charge < -0.3 is 15.0 Å². The Hall–Kier alpha value is -2.70. The highest BCUT2D eigenvalue weighted by atomic mass is 16.5. The van der Waals surface area contributed by atoms with Gasteiger partial charge in [-0.1, -0.05) is 29.8 Å². The largest absolute Gasteiger partial charge is 0.379 e. The Bertz CT molecular complexity index is 874. The first-order valence-corrected chi connectivity index (χ1v) is 10.7. The van der Waals surface area contributed by atoms with Gasteiger partial charge in [0.25, 0.3) is 5.91 Å². The van der Waals surface area contributed by atoms with Crippen molar-refractivity contribution in [3.8, 4) is 0 Å². The summed E-state index contributed by atoms with van der Waals surface area (Å²) in [5.41, 5.74) is 3.75. The summed E-state index contributed by atoms with van der Waals surface area (Å²) >= 11 is 0. The summed E-state index contributed by atoms with van der Waals surface area (Å²) in [6.07, 6.45) is 1.49. The maximum absolute atomic E-state index is 13.0. The van der Waals surface area contributed by atoms with Crippen LogP contribution in [0.25, 0.3) is 0 Å². The van der Waals surface area contributed by atoms with Crippen molar-refractivity contribution in [2.45, 2.75) is 25.8 Å². The smallest absolute Gasteiger partial charge is 0.251 e. The fourth-order valence-electron chi connectivity index (χ4n) is 4.03. The predicted octanol–water partition coefficient (Wildman–Crippen LogP) is 2.93. The standard InChI is InChI=1S/C24H29N3O3/c1-18-4-6-19(7-5-18)22(17-26-13-15-30-16-14-26)25-24(29)20-8-10-21(11-9-20)27-12-2-3-23(27)28/h4-11,22H,2-3,12-17H2,1H3,(H,25,29)/t22-/m1/s1. The molecule has 30 heavy (non-hydrogen) atoms. The molecule has 0 radical (unpaired) electrons. The molecular formula is C24H29N3O3. The van der Waals surface area contributed by atoms with Gasteiger partial charge in [-0.15, -0.1) is 0 Å². The van der Waals surface area contributed by atoms with Gasteiger partial charge in [-0.25, -0.2) is 0 Å². The number of hydrogen-bond acceptors (Lipinski definition) is 4. The first-order valence-electron chi connectivity index (χ1n) is 10.7. The molecule has 0 bridgehead atoms. The molecular weight excluding hydrogens is 378 g/mol. The fraction of sp³-hybridized carbons (Fsp3) is 0.417. The lowest BCUT2D eigenvalue weighted by atomic mass is 10.0. The molecule has 2 aliphatic heterocycles. The number of hydrogen-bond donors (Lipinski definition) is 1. The Morgan fingerprint density at radius 3 is 2.37 bits per heavy atom. The van der Waals surface area contributed by atoms with E-state index in [1.807, 2.05) is 12.1 Å². The molecule has 2 fully saturated rings. The van der Waals surface area contributed by atoms with E-state index in [1.165, 1.54) is 5.56 Å². The molecule has 0 saturated carbocycles. The Morgan fingerprint density at radius 2 is 1.73 bits per heavy atom. The first kappa shape index (κ1) is 20.6. The number of carbonyl (C=O) groups is 2. The molecule has 2 amide bonds. The molecule has 2 aromatic rings. The maximum atomic E-state index is 13.0. The summed E-state index contributed by atoms with van der Waals surface area (Å²) in [7, 11) is 0. The molecule has 2 aromatic carbocycles. The van der Waals surface area contributed by atoms with E-state index in [-0.39, 0.29) is 17.9 Å². The van der Waals surface area contributed by atoms with Crippen molar-refractivity contribution in [2.75, 3.05) is 44.3 Å². The third kappa shape index (κ3) is 4.89. The van der Waals surface area contributed by atoms with Crippen LogP contribution in [0, 0.1) is 6.92 Å². The normalized spacial score (nSPS) is 18.4. The van der Waals surface area contributed by atoms with Crippen molar-refractivity contribution in [1.29, 1.82) is 0 Å². The number of carbonyl (C=O) groups excluding carboxylic acids is 2. The second kappa shape index (κ2) is 9.41. The Labute approximate surface area is 177 Å². The summed E-state index contributed by atoms with van der Waals surface area (Å²) in [5, 5.41) is 3.21. The molecule has 4 rings (SSSR count). The van der Waals surface area contributed by atoms with E-state index in [4.69, 9.17) is 4.74 Å². The minimum Gasteiger partial charge on any atom is -0.379 e. The van der Waals surface area contributed by atoms with Crippen LogP contribution in [0.3, 0.4) is 0 Å². The minimum absolute atomic E-state index is 0.101. The zero-order chi connectivity index (χ0) is 20.9. The van der Waals surface area contributed by atoms with Crippen molar-refractivity contribution < 1.29 is 14.3 Å². The number of nitrogens with one attached hydrogen (secondary N) is 1. The van der Waals surface area contributed by atoms with Crippen molar-refractivity contribution >= 4 is 17.5 Å². The topological polar surface area (TPSA) is 61.9 Å². The third-order valence-corrected chi connectivity index (χ3v) is 5.84. The van der Waals surface area contributed by atoms with Crippen LogP contribution in [0.4, 0.5) is 5.69 Å². The molecule has 2 aliphatic rings. The molecule has 2 heterocycles. The van der Waals surface area contributed by atoms with Gasteiger partial charge in [0.2, 0.25) is 5.91 Å². The number of nitrogens with zero attached hydrogens (tertiary/aromatic N) is 2. The highest BCUT2D eigenvalue weighted by Gasteiger charge is 2.23. The van der Waals surface area contributed by atoms with Crippen LogP contribution in [-0.2, 0) is 9.53 Å². The number of rotatable bonds is 6. The average molecular weight is 408 g/mol. The van der Waals surface area contributed by atoms with Gasteiger partial charge in [-0.2, -0.15) is 0 Å². The van der Waals surface area contributed by atoms with E-state index < -0.39 is 0 Å². The van der Waals surface area contributed by atoms with Crippen molar-refractivity contribution in [3.63, 3.8) is 0 Å². The molecule has 0 aromatic heterocycles. The van der Waals surface area contributed by atoms with E-state index in [0.29, 0.717) is 12.0 Å². The molecule has 158 valence electrons. The van der Waals surface area contributed by atoms with E-state index in [1.54, 1.807) is 17.0 Å². The van der Waals surface area contributed by atoms with Crippen LogP contribution >= 0.6 is 0 Å². The Kier molecular flexibility index (Phi) is 6.45. The number of amides is 2. The van der Waals surface area contributed by atoms with Crippen LogP contribution in [0.1, 0.15) is 40.4 Å². The number of ether oxygens (including phenoxy) is 1. The number of benzene rings is 2. The first-order chi connectivity index (χ1) is 14.6. The van der Waals surface area contributed by atoms with Crippen molar-refractivity contribution in [2.24, 2.45) is 0 Å². The van der Waals surface area contributed by atoms with Gasteiger partial charge in [-0.05, 0) is 43.2 Å². The molecule has 1 atom stereocenters. The van der Waals surface area contributed by atoms with E-state index in [2.05, 4.69) is 41.4 Å². The molecule has 6 heteroatoms. The molecule has 6 nitrogen and oxygen atoms in total. The number of anilines is 1. The van der Waals surface area contributed by atoms with E-state index in [9.17, 15) is 9.59 Å². The van der Waals surface area contributed by atoms with Gasteiger partial charge in [0.05, 0.1) is 19.3 Å². The Morgan fingerprint density at radius 1 is 1.03 bits per heavy atom. The summed E-state index contributed by atoms with van der Waals surface area (Å²) in [5.74, 6) is 0.0466. The van der Waals surface area contributed by atoms with E-state index >= 15 is 0 Å². The summed E-state index contributed by atoms with van der Waals surface area (Å²) < 4.78 is 5.46. The zero-order valence-corrected chi connectivity index (χ0v) is 17.5. The summed E-state index contributed by atoms with van der Waals surface area (Å²) in [4.78, 5) is 29.1. The predicted molar refractivity (Wildman–Crippen MR) is 117 cm³/mol. The number of morpholine rings is 1. The lowest BCUT2D eigenvalue weighted by Gasteiger charge is -2.31. The monoisotopic (exact) mass is 407 g/mol. The van der Waals surface area contributed by atoms with Crippen molar-refractivity contribution in [1.82, 2.24) is 10.2 Å². The lowest BCUT2D eigenvalue weighted by molar-refractivity contribution is -0.117. The lowest BCUT2D eigenvalue weighted by Crippen LogP contribution is -2.43. The van der Waals surface area contributed by atoms with Crippen LogP contribution in [0.5, 0.6) is 0 Å². The highest BCUT2D eigenvalue weighted by molar-refractivity contribution is 5.97. The van der Waals surface area contributed by atoms with Gasteiger partial charge in [0.15, 0.2) is 0 Å². The third-order valence-electron chi connectivity index (χ3n) is 5.84. The van der Waals surface area contributed by atoms with Crippen LogP contribution in [-0.4, -0.2) is 56.1 Å². The number of aryl methyl sites for hydroxylation is 1. The molecule has 2 saturated heterocycles. The fourth-order valence-corrected chi connectivity index (χ4v) is 4.03. The molecule has 0 unspecified atom stereocenters. The van der Waals surface area contributed by atoms with Crippen LogP contribution in [0.15, 0.2) is 48.5 Å². The summed E-state index contributed by atoms with van der Waals surface area (Å²) in [6, 6.07) is 15.6. The maximum Gasteiger partial charge on any atom is 0.251 e. The molecule has 0 spiro atoms. The van der Waals surface area contributed by atoms with Crippen molar-refractivity contribution in [3.05, 3.63) is 65.2 Å². The van der Waals surface area contributed by atoms with Crippen LogP contribution in [0.2, 0.25) is 0 Å². The van der Waals surface area contributed by atoms with Gasteiger partial charge in [-0.3, -0.25) is 14.5 Å². The van der Waals surface area contributed by atoms with Gasteiger partial charge in [0, 0.05) is 43.9 Å². The SMILES string of the molecule is Cc1ccc([C@@H](CN2CCOCC2)NC(=O)c2ccc(N3CCCC3=O)cc2)cc1. The summed E-state index contributed by atoms with van der Waals surface area (Å²) in [6.45, 7) is 6.76.